The topological polar surface area (TPSA) is 20.2 Å². The highest BCUT2D eigenvalue weighted by atomic mass is 19.3. The largest absolute Gasteiger partial charge is 0.393 e. The van der Waals surface area contributed by atoms with Gasteiger partial charge in [-0.05, 0) is 18.3 Å². The van der Waals surface area contributed by atoms with E-state index in [2.05, 4.69) is 0 Å². The van der Waals surface area contributed by atoms with Crippen LogP contribution in [0.15, 0.2) is 0 Å². The molecular weight excluding hydrogens is 162 g/mol. The summed E-state index contributed by atoms with van der Waals surface area (Å²) < 4.78 is 25.8. The second-order valence-electron chi connectivity index (χ2n) is 4.07. The lowest BCUT2D eigenvalue weighted by atomic mass is 9.78. The Morgan fingerprint density at radius 3 is 2.42 bits per heavy atom. The first-order valence-electron chi connectivity index (χ1n) is 4.48. The van der Waals surface area contributed by atoms with Gasteiger partial charge in [0.05, 0.1) is 6.10 Å². The molecule has 2 atom stereocenters. The summed E-state index contributed by atoms with van der Waals surface area (Å²) in [5.41, 5.74) is 0. The van der Waals surface area contributed by atoms with E-state index in [9.17, 15) is 13.9 Å². The SMILES string of the molecule is CC(C)[C@H]1CC(F)(F)CC[C@@H]1O. The van der Waals surface area contributed by atoms with Crippen LogP contribution in [0.5, 0.6) is 0 Å². The van der Waals surface area contributed by atoms with E-state index < -0.39 is 12.0 Å². The lowest BCUT2D eigenvalue weighted by Gasteiger charge is -2.35. The van der Waals surface area contributed by atoms with Crippen LogP contribution in [-0.4, -0.2) is 17.1 Å². The van der Waals surface area contributed by atoms with E-state index in [1.807, 2.05) is 13.8 Å². The van der Waals surface area contributed by atoms with E-state index in [-0.39, 0.29) is 31.1 Å². The fraction of sp³-hybridized carbons (Fsp3) is 1.00. The summed E-state index contributed by atoms with van der Waals surface area (Å²) in [5, 5.41) is 9.44. The summed E-state index contributed by atoms with van der Waals surface area (Å²) in [6.07, 6.45) is -0.580. The third-order valence-corrected chi connectivity index (χ3v) is 2.69. The Bertz CT molecular complexity index is 157. The highest BCUT2D eigenvalue weighted by Crippen LogP contribution is 2.39. The van der Waals surface area contributed by atoms with Crippen LogP contribution in [0.4, 0.5) is 8.78 Å². The van der Waals surface area contributed by atoms with Crippen LogP contribution in [0.25, 0.3) is 0 Å². The molecule has 1 N–H and O–H groups in total. The van der Waals surface area contributed by atoms with Crippen LogP contribution in [0.1, 0.15) is 33.1 Å². The van der Waals surface area contributed by atoms with E-state index in [0.717, 1.165) is 0 Å². The molecule has 0 unspecified atom stereocenters. The van der Waals surface area contributed by atoms with Crippen LogP contribution in [0.3, 0.4) is 0 Å². The molecule has 3 heteroatoms. The lowest BCUT2D eigenvalue weighted by molar-refractivity contribution is -0.101. The van der Waals surface area contributed by atoms with Gasteiger partial charge in [0.1, 0.15) is 0 Å². The van der Waals surface area contributed by atoms with E-state index in [0.29, 0.717) is 0 Å². The van der Waals surface area contributed by atoms with Crippen molar-refractivity contribution >= 4 is 0 Å². The Kier molecular flexibility index (Phi) is 2.71. The molecule has 0 aromatic rings. The number of hydrogen-bond acceptors (Lipinski definition) is 1. The molecule has 0 radical (unpaired) electrons. The molecule has 1 aliphatic rings. The second kappa shape index (κ2) is 3.29. The molecule has 0 aromatic carbocycles. The van der Waals surface area contributed by atoms with Gasteiger partial charge in [-0.15, -0.1) is 0 Å². The Balaban J connectivity index is 2.59. The van der Waals surface area contributed by atoms with E-state index in [1.54, 1.807) is 0 Å². The summed E-state index contributed by atoms with van der Waals surface area (Å²) >= 11 is 0. The Hall–Kier alpha value is -0.180. The monoisotopic (exact) mass is 178 g/mol. The summed E-state index contributed by atoms with van der Waals surface area (Å²) in [7, 11) is 0. The highest BCUT2D eigenvalue weighted by Gasteiger charge is 2.41. The summed E-state index contributed by atoms with van der Waals surface area (Å²) in [4.78, 5) is 0. The minimum atomic E-state index is -2.55. The van der Waals surface area contributed by atoms with Gasteiger partial charge < -0.3 is 5.11 Å². The van der Waals surface area contributed by atoms with Crippen molar-refractivity contribution in [1.29, 1.82) is 0 Å². The first-order valence-corrected chi connectivity index (χ1v) is 4.48. The first-order chi connectivity index (χ1) is 5.42. The Labute approximate surface area is 71.8 Å². The summed E-state index contributed by atoms with van der Waals surface area (Å²) in [5.74, 6) is -2.63. The molecule has 1 nitrogen and oxygen atoms in total. The molecule has 1 aliphatic carbocycles. The molecule has 0 aliphatic heterocycles. The maximum absolute atomic E-state index is 12.9. The van der Waals surface area contributed by atoms with Crippen LogP contribution in [-0.2, 0) is 0 Å². The summed E-state index contributed by atoms with van der Waals surface area (Å²) in [6, 6.07) is 0. The quantitative estimate of drug-likeness (QED) is 0.653. The average Bonchev–Trinajstić information content (AvgIpc) is 1.94. The number of alkyl halides is 2. The Morgan fingerprint density at radius 2 is 2.00 bits per heavy atom. The van der Waals surface area contributed by atoms with Crippen molar-refractivity contribution in [3.63, 3.8) is 0 Å². The molecule has 0 spiro atoms. The van der Waals surface area contributed by atoms with Gasteiger partial charge in [0.15, 0.2) is 0 Å². The minimum absolute atomic E-state index is 0.145. The molecule has 0 saturated heterocycles. The molecule has 12 heavy (non-hydrogen) atoms. The third kappa shape index (κ3) is 2.16. The predicted octanol–water partition coefficient (Wildman–Crippen LogP) is 2.44. The minimum Gasteiger partial charge on any atom is -0.393 e. The zero-order valence-corrected chi connectivity index (χ0v) is 7.56. The van der Waals surface area contributed by atoms with Gasteiger partial charge in [-0.1, -0.05) is 13.8 Å². The highest BCUT2D eigenvalue weighted by molar-refractivity contribution is 4.85. The van der Waals surface area contributed by atoms with Crippen molar-refractivity contribution in [1.82, 2.24) is 0 Å². The van der Waals surface area contributed by atoms with Crippen molar-refractivity contribution in [2.45, 2.75) is 45.1 Å². The molecule has 1 saturated carbocycles. The number of halogens is 2. The molecule has 0 heterocycles. The fourth-order valence-electron chi connectivity index (χ4n) is 1.84. The molecule has 0 aromatic heterocycles. The second-order valence-corrected chi connectivity index (χ2v) is 4.07. The van der Waals surface area contributed by atoms with Gasteiger partial charge in [-0.3, -0.25) is 0 Å². The standard InChI is InChI=1S/C9H16F2O/c1-6(2)7-5-9(10,11)4-3-8(7)12/h6-8,12H,3-5H2,1-2H3/t7-,8+/m1/s1. The van der Waals surface area contributed by atoms with Crippen molar-refractivity contribution in [3.05, 3.63) is 0 Å². The molecule has 1 rings (SSSR count). The van der Waals surface area contributed by atoms with Crippen LogP contribution in [0, 0.1) is 11.8 Å². The van der Waals surface area contributed by atoms with Crippen LogP contribution >= 0.6 is 0 Å². The molecule has 72 valence electrons. The smallest absolute Gasteiger partial charge is 0.248 e. The first kappa shape index (κ1) is 9.90. The molecule has 1 fully saturated rings. The van der Waals surface area contributed by atoms with Gasteiger partial charge in [0.2, 0.25) is 5.92 Å². The summed E-state index contributed by atoms with van der Waals surface area (Å²) in [6.45, 7) is 3.77. The average molecular weight is 178 g/mol. The number of aliphatic hydroxyl groups is 1. The van der Waals surface area contributed by atoms with Crippen LogP contribution < -0.4 is 0 Å². The van der Waals surface area contributed by atoms with Gasteiger partial charge in [-0.2, -0.15) is 0 Å². The van der Waals surface area contributed by atoms with Crippen LogP contribution in [0.2, 0.25) is 0 Å². The normalized spacial score (nSPS) is 35.5. The molecular formula is C9H16F2O. The van der Waals surface area contributed by atoms with Crippen molar-refractivity contribution in [2.75, 3.05) is 0 Å². The number of rotatable bonds is 1. The predicted molar refractivity (Wildman–Crippen MR) is 43.1 cm³/mol. The third-order valence-electron chi connectivity index (χ3n) is 2.69. The van der Waals surface area contributed by atoms with Gasteiger partial charge in [0.25, 0.3) is 0 Å². The van der Waals surface area contributed by atoms with E-state index in [4.69, 9.17) is 0 Å². The lowest BCUT2D eigenvalue weighted by Crippen LogP contribution is -2.38. The molecule has 0 amide bonds. The van der Waals surface area contributed by atoms with Crippen molar-refractivity contribution in [3.8, 4) is 0 Å². The number of aliphatic hydroxyl groups excluding tert-OH is 1. The number of hydrogen-bond donors (Lipinski definition) is 1. The fourth-order valence-corrected chi connectivity index (χ4v) is 1.84. The van der Waals surface area contributed by atoms with Crippen molar-refractivity contribution < 1.29 is 13.9 Å². The maximum Gasteiger partial charge on any atom is 0.248 e. The maximum atomic E-state index is 12.9. The van der Waals surface area contributed by atoms with E-state index in [1.165, 1.54) is 0 Å². The van der Waals surface area contributed by atoms with Gasteiger partial charge >= 0.3 is 0 Å². The van der Waals surface area contributed by atoms with Gasteiger partial charge in [-0.25, -0.2) is 8.78 Å². The Morgan fingerprint density at radius 1 is 1.42 bits per heavy atom. The van der Waals surface area contributed by atoms with Gasteiger partial charge in [0, 0.05) is 12.8 Å². The zero-order valence-electron chi connectivity index (χ0n) is 7.56. The van der Waals surface area contributed by atoms with E-state index >= 15 is 0 Å². The van der Waals surface area contributed by atoms with Crippen molar-refractivity contribution in [2.24, 2.45) is 11.8 Å². The molecule has 0 bridgehead atoms. The zero-order chi connectivity index (χ0) is 9.35.